The normalized spacial score (nSPS) is 16.1. The highest BCUT2D eigenvalue weighted by Crippen LogP contribution is 2.30. The summed E-state index contributed by atoms with van der Waals surface area (Å²) in [5.41, 5.74) is 7.41. The maximum absolute atomic E-state index is 15.0. The van der Waals surface area contributed by atoms with Crippen molar-refractivity contribution < 1.29 is 13.5 Å². The number of amidine groups is 1. The van der Waals surface area contributed by atoms with Crippen molar-refractivity contribution in [1.29, 1.82) is 0 Å². The smallest absolute Gasteiger partial charge is 0.202 e. The second kappa shape index (κ2) is 10.0. The molecule has 10 nitrogen and oxygen atoms in total. The van der Waals surface area contributed by atoms with Gasteiger partial charge < -0.3 is 21.6 Å². The van der Waals surface area contributed by atoms with Crippen LogP contribution in [0.15, 0.2) is 41.9 Å². The molecule has 1 aliphatic rings. The van der Waals surface area contributed by atoms with Crippen molar-refractivity contribution in [2.45, 2.75) is 12.8 Å². The molecular formula is C22H27F2N9O. The van der Waals surface area contributed by atoms with Crippen LogP contribution in [0.25, 0.3) is 11.1 Å². The van der Waals surface area contributed by atoms with Gasteiger partial charge in [-0.1, -0.05) is 0 Å². The predicted octanol–water partition coefficient (Wildman–Crippen LogP) is 1.72. The van der Waals surface area contributed by atoms with Gasteiger partial charge in [-0.05, 0) is 50.0 Å². The Labute approximate surface area is 195 Å². The minimum atomic E-state index is -1.20. The minimum absolute atomic E-state index is 0.0644. The van der Waals surface area contributed by atoms with Crippen molar-refractivity contribution in [3.8, 4) is 16.9 Å². The van der Waals surface area contributed by atoms with E-state index in [4.69, 9.17) is 22.2 Å². The monoisotopic (exact) mass is 471 g/mol. The van der Waals surface area contributed by atoms with Gasteiger partial charge in [-0.3, -0.25) is 9.69 Å². The summed E-state index contributed by atoms with van der Waals surface area (Å²) in [5, 5.41) is 11.9. The zero-order valence-electron chi connectivity index (χ0n) is 18.7. The third-order valence-electron chi connectivity index (χ3n) is 5.78. The Balaban J connectivity index is 1.56. The largest absolute Gasteiger partial charge is 0.490 e. The van der Waals surface area contributed by atoms with Crippen LogP contribution >= 0.6 is 0 Å². The average Bonchev–Trinajstić information content (AvgIpc) is 3.50. The third kappa shape index (κ3) is 4.77. The molecule has 12 heteroatoms. The SMILES string of the molecule is Cn1cc(-c2cnc(N)c(/C(=N/N)N(N)c3ccc(OCCC4CCNC4)c(F)c3F)c2)cn1. The number of aryl methyl sites for hydroxylation is 1. The number of hydrogen-bond acceptors (Lipinski definition) is 8. The van der Waals surface area contributed by atoms with Gasteiger partial charge in [0.25, 0.3) is 0 Å². The van der Waals surface area contributed by atoms with Crippen molar-refractivity contribution >= 4 is 17.3 Å². The number of hydrazone groups is 1. The molecule has 1 saturated heterocycles. The van der Waals surface area contributed by atoms with E-state index in [1.807, 2.05) is 0 Å². The van der Waals surface area contributed by atoms with Crippen LogP contribution in [0.2, 0.25) is 0 Å². The number of ether oxygens (including phenoxy) is 1. The highest BCUT2D eigenvalue weighted by atomic mass is 19.2. The molecule has 1 fully saturated rings. The lowest BCUT2D eigenvalue weighted by atomic mass is 10.1. The number of hydrazine groups is 1. The van der Waals surface area contributed by atoms with E-state index in [1.54, 1.807) is 36.4 Å². The molecule has 1 aromatic carbocycles. The summed E-state index contributed by atoms with van der Waals surface area (Å²) in [6.07, 6.45) is 6.78. The molecule has 0 saturated carbocycles. The maximum atomic E-state index is 15.0. The summed E-state index contributed by atoms with van der Waals surface area (Å²) < 4.78 is 36.8. The average molecular weight is 472 g/mol. The fraction of sp³-hybridized carbons (Fsp3) is 0.318. The van der Waals surface area contributed by atoms with Gasteiger partial charge in [-0.2, -0.15) is 14.6 Å². The fourth-order valence-corrected chi connectivity index (χ4v) is 3.87. The highest BCUT2D eigenvalue weighted by Gasteiger charge is 2.24. The number of halogens is 2. The molecule has 0 spiro atoms. The van der Waals surface area contributed by atoms with Crippen molar-refractivity contribution in [3.63, 3.8) is 0 Å². The first kappa shape index (κ1) is 23.4. The molecular weight excluding hydrogens is 444 g/mol. The summed E-state index contributed by atoms with van der Waals surface area (Å²) in [5.74, 6) is 9.58. The topological polar surface area (TPSA) is 146 Å². The van der Waals surface area contributed by atoms with Gasteiger partial charge in [-0.25, -0.2) is 15.2 Å². The van der Waals surface area contributed by atoms with Crippen molar-refractivity contribution in [2.24, 2.45) is 29.8 Å². The zero-order valence-corrected chi connectivity index (χ0v) is 18.7. The van der Waals surface area contributed by atoms with E-state index >= 15 is 0 Å². The summed E-state index contributed by atoms with van der Waals surface area (Å²) in [4.78, 5) is 4.16. The van der Waals surface area contributed by atoms with E-state index in [-0.39, 0.29) is 35.3 Å². The van der Waals surface area contributed by atoms with Crippen LogP contribution in [0.4, 0.5) is 20.3 Å². The first-order valence-electron chi connectivity index (χ1n) is 10.8. The number of nitrogens with one attached hydrogen (secondary N) is 1. The minimum Gasteiger partial charge on any atom is -0.490 e. The van der Waals surface area contributed by atoms with Crippen LogP contribution < -0.4 is 32.5 Å². The van der Waals surface area contributed by atoms with E-state index < -0.39 is 11.6 Å². The molecule has 1 unspecified atom stereocenters. The van der Waals surface area contributed by atoms with Crippen molar-refractivity contribution in [1.82, 2.24) is 20.1 Å². The predicted molar refractivity (Wildman–Crippen MR) is 126 cm³/mol. The number of nitrogens with zero attached hydrogens (tertiary/aromatic N) is 5. The van der Waals surface area contributed by atoms with E-state index in [0.29, 0.717) is 11.5 Å². The van der Waals surface area contributed by atoms with Crippen LogP contribution in [0.5, 0.6) is 5.75 Å². The summed E-state index contributed by atoms with van der Waals surface area (Å²) in [6, 6.07) is 4.27. The van der Waals surface area contributed by atoms with Crippen LogP contribution in [-0.2, 0) is 7.05 Å². The molecule has 0 amide bonds. The number of hydrogen-bond donors (Lipinski definition) is 4. The Bertz CT molecular complexity index is 1190. The molecule has 0 radical (unpaired) electrons. The standard InChI is InChI=1S/C22H27F2N9O/c1-32-12-15(11-30-32)14-8-16(21(25)29-10-14)22(31-26)33(27)17-2-3-18(20(24)19(17)23)34-7-5-13-4-6-28-9-13/h2-3,8,10-13,28H,4-7,9,26-27H2,1H3,(H2,25,29)/b31-22-. The van der Waals surface area contributed by atoms with Gasteiger partial charge in [0.05, 0.1) is 24.1 Å². The molecule has 0 aliphatic carbocycles. The third-order valence-corrected chi connectivity index (χ3v) is 5.78. The lowest BCUT2D eigenvalue weighted by molar-refractivity contribution is 0.268. The lowest BCUT2D eigenvalue weighted by Crippen LogP contribution is -2.40. The molecule has 1 aliphatic heterocycles. The van der Waals surface area contributed by atoms with Gasteiger partial charge in [0.1, 0.15) is 5.82 Å². The van der Waals surface area contributed by atoms with Crippen LogP contribution in [-0.4, -0.2) is 40.3 Å². The molecule has 2 aromatic heterocycles. The molecule has 3 aromatic rings. The van der Waals surface area contributed by atoms with Crippen LogP contribution in [0.1, 0.15) is 18.4 Å². The number of pyridine rings is 1. The summed E-state index contributed by atoms with van der Waals surface area (Å²) in [7, 11) is 1.78. The van der Waals surface area contributed by atoms with E-state index in [2.05, 4.69) is 20.5 Å². The molecule has 1 atom stereocenters. The molecule has 4 rings (SSSR count). The zero-order chi connectivity index (χ0) is 24.2. The second-order valence-electron chi connectivity index (χ2n) is 8.09. The molecule has 180 valence electrons. The number of nitrogens with two attached hydrogens (primary N) is 3. The van der Waals surface area contributed by atoms with Crippen molar-refractivity contribution in [2.75, 3.05) is 30.4 Å². The maximum Gasteiger partial charge on any atom is 0.202 e. The van der Waals surface area contributed by atoms with Gasteiger partial charge in [0, 0.05) is 30.6 Å². The lowest BCUT2D eigenvalue weighted by Gasteiger charge is -2.22. The molecule has 3 heterocycles. The van der Waals surface area contributed by atoms with E-state index in [1.165, 1.54) is 12.1 Å². The first-order valence-corrected chi connectivity index (χ1v) is 10.8. The van der Waals surface area contributed by atoms with Gasteiger partial charge in [0.15, 0.2) is 17.4 Å². The molecule has 34 heavy (non-hydrogen) atoms. The Morgan fingerprint density at radius 3 is 2.79 bits per heavy atom. The van der Waals surface area contributed by atoms with Gasteiger partial charge in [0.2, 0.25) is 5.82 Å². The van der Waals surface area contributed by atoms with Crippen molar-refractivity contribution in [3.05, 3.63) is 54.0 Å². The number of nitrogen functional groups attached to an aromatic ring is 1. The summed E-state index contributed by atoms with van der Waals surface area (Å²) in [6.45, 7) is 2.15. The second-order valence-corrected chi connectivity index (χ2v) is 8.09. The Morgan fingerprint density at radius 1 is 1.29 bits per heavy atom. The Kier molecular flexibility index (Phi) is 6.89. The fourth-order valence-electron chi connectivity index (χ4n) is 3.87. The van der Waals surface area contributed by atoms with Crippen LogP contribution in [0, 0.1) is 17.6 Å². The van der Waals surface area contributed by atoms with E-state index in [0.717, 1.165) is 36.5 Å². The Morgan fingerprint density at radius 2 is 2.12 bits per heavy atom. The number of benzene rings is 1. The summed E-state index contributed by atoms with van der Waals surface area (Å²) >= 11 is 0. The number of anilines is 2. The van der Waals surface area contributed by atoms with Gasteiger partial charge in [-0.15, -0.1) is 0 Å². The number of aromatic nitrogens is 3. The quantitative estimate of drug-likeness (QED) is 0.176. The van der Waals surface area contributed by atoms with Crippen LogP contribution in [0.3, 0.4) is 0 Å². The Hall–Kier alpha value is -3.77. The molecule has 0 bridgehead atoms. The first-order chi connectivity index (χ1) is 16.4. The number of rotatable bonds is 7. The van der Waals surface area contributed by atoms with Gasteiger partial charge >= 0.3 is 0 Å². The van der Waals surface area contributed by atoms with E-state index in [9.17, 15) is 8.78 Å². The highest BCUT2D eigenvalue weighted by molar-refractivity contribution is 6.12. The molecule has 7 N–H and O–H groups in total.